The average molecular weight is 840 g/mol. The van der Waals surface area contributed by atoms with Crippen LogP contribution < -0.4 is 16.6 Å². The monoisotopic (exact) mass is 840 g/mol. The first kappa shape index (κ1) is 49.7. The van der Waals surface area contributed by atoms with Crippen LogP contribution in [0.1, 0.15) is 159 Å². The summed E-state index contributed by atoms with van der Waals surface area (Å²) >= 11 is 0. The number of unbranched alkanes of at least 4 members (excludes halogenated alkanes) is 3. The number of hydrogen-bond donors (Lipinski definition) is 2. The quantitative estimate of drug-likeness (QED) is 0.0485. The third-order valence-electron chi connectivity index (χ3n) is 13.3. The van der Waals surface area contributed by atoms with E-state index in [4.69, 9.17) is 18.6 Å². The van der Waals surface area contributed by atoms with Gasteiger partial charge >= 0.3 is 197 Å². The van der Waals surface area contributed by atoms with Gasteiger partial charge in [-0.3, -0.25) is 14.3 Å². The van der Waals surface area contributed by atoms with Crippen LogP contribution in [0.4, 0.5) is 0 Å². The number of hydrogen-bond acceptors (Lipinski definition) is 8. The number of aromatic nitrogens is 2. The molecule has 330 valence electrons. The molecule has 2 aliphatic heterocycles. The van der Waals surface area contributed by atoms with Crippen LogP contribution in [-0.2, 0) is 28.2 Å². The summed E-state index contributed by atoms with van der Waals surface area (Å²) in [4.78, 5) is 54.7. The maximum atomic E-state index is 14.0. The van der Waals surface area contributed by atoms with Crippen LogP contribution in [0.3, 0.4) is 0 Å². The van der Waals surface area contributed by atoms with Crippen molar-refractivity contribution in [2.24, 2.45) is 5.92 Å². The Balaban J connectivity index is 1.69. The van der Waals surface area contributed by atoms with Crippen LogP contribution >= 0.6 is 7.26 Å². The first-order chi connectivity index (χ1) is 27.1. The molecule has 4 atom stereocenters. The predicted molar refractivity (Wildman–Crippen MR) is 238 cm³/mol. The van der Waals surface area contributed by atoms with Crippen molar-refractivity contribution in [2.75, 3.05) is 44.4 Å². The van der Waals surface area contributed by atoms with Crippen LogP contribution in [0.5, 0.6) is 0 Å². The van der Waals surface area contributed by atoms with Crippen LogP contribution in [0.15, 0.2) is 21.9 Å². The van der Waals surface area contributed by atoms with Crippen molar-refractivity contribution in [3.63, 3.8) is 0 Å². The van der Waals surface area contributed by atoms with E-state index in [0.29, 0.717) is 39.0 Å². The Morgan fingerprint density at radius 3 is 1.93 bits per heavy atom. The fourth-order valence-corrected chi connectivity index (χ4v) is 21.5. The van der Waals surface area contributed by atoms with E-state index in [-0.39, 0.29) is 59.6 Å². The molecule has 2 aliphatic rings. The van der Waals surface area contributed by atoms with Gasteiger partial charge in [0.05, 0.1) is 12.2 Å². The zero-order valence-electron chi connectivity index (χ0n) is 37.6. The predicted octanol–water partition coefficient (Wildman–Crippen LogP) is 8.94. The molecular weight excluding hydrogens is 758 g/mol. The summed E-state index contributed by atoms with van der Waals surface area (Å²) in [6, 6.07) is 1.32. The van der Waals surface area contributed by atoms with Crippen molar-refractivity contribution in [2.45, 2.75) is 194 Å². The van der Waals surface area contributed by atoms with E-state index in [0.717, 1.165) is 6.42 Å². The fourth-order valence-electron chi connectivity index (χ4n) is 10.2. The Kier molecular flexibility index (Phi) is 20.9. The third-order valence-corrected chi connectivity index (χ3v) is 25.0. The second-order valence-electron chi connectivity index (χ2n) is 18.2. The number of ketones is 1. The topological polar surface area (TPSA) is 138 Å². The molecule has 0 aromatic carbocycles. The van der Waals surface area contributed by atoms with Gasteiger partial charge in [0.25, 0.3) is 5.56 Å². The SMILES string of the molecule is CCCC[PH](CCCC)(CCCC)CCCNC(=O)CCC1(CCC(=O)CC2[C@@H](CC)O[C@@H](n3ccc(=O)[nH]c3=O)[C@H]2O[Si](C(C)C)(C(C)C)C(C)C)OCCO1. The first-order valence-electron chi connectivity index (χ1n) is 22.8. The number of amides is 1. The van der Waals surface area contributed by atoms with Crippen molar-refractivity contribution in [1.29, 1.82) is 0 Å². The molecule has 0 bridgehead atoms. The maximum absolute atomic E-state index is 14.0. The molecule has 1 aromatic rings. The normalized spacial score (nSPS) is 21.6. The summed E-state index contributed by atoms with van der Waals surface area (Å²) < 4.78 is 27.7. The van der Waals surface area contributed by atoms with Gasteiger partial charge in [-0.1, -0.05) is 48.5 Å². The van der Waals surface area contributed by atoms with Crippen molar-refractivity contribution in [3.05, 3.63) is 33.1 Å². The number of H-pyrrole nitrogens is 1. The Morgan fingerprint density at radius 2 is 1.42 bits per heavy atom. The summed E-state index contributed by atoms with van der Waals surface area (Å²) in [7, 11) is -3.84. The summed E-state index contributed by atoms with van der Waals surface area (Å²) in [6.07, 6.45) is 16.3. The molecule has 3 rings (SSSR count). The minimum absolute atomic E-state index is 0.00766. The molecule has 1 aromatic heterocycles. The standard InChI is InChI=1S/C44H82N3O8PSi/c1-11-15-28-56(29-16-12-2,30-17-13-3)31-18-24-45-39(49)20-23-44(52-26-27-53-44)22-19-36(48)32-37-38(14-4)54-42(47-25-21-40(50)46-43(47)51)41(37)55-57(33(5)6,34(7)8)35(9)10/h21,25,33-35,37-38,41-42,56H,11-20,22-24,26-32H2,1-10H3,(H,45,49)(H,46,50,51)/t37?,38-,41+,42-/m1/s1. The zero-order valence-corrected chi connectivity index (χ0v) is 39.6. The number of rotatable bonds is 28. The van der Waals surface area contributed by atoms with Crippen LogP contribution in [0.2, 0.25) is 16.6 Å². The summed E-state index contributed by atoms with van der Waals surface area (Å²) in [5.74, 6) is -1.22. The van der Waals surface area contributed by atoms with Gasteiger partial charge in [0, 0.05) is 18.2 Å². The number of Topliss-reactive ketones (excluding diaryl/α,β-unsaturated/α-hetero) is 1. The van der Waals surface area contributed by atoms with Gasteiger partial charge in [0.2, 0.25) is 8.32 Å². The number of nitrogens with one attached hydrogen (secondary N) is 2. The minimum atomic E-state index is -2.50. The second kappa shape index (κ2) is 23.9. The molecule has 13 heteroatoms. The molecule has 0 radical (unpaired) electrons. The fraction of sp³-hybridized carbons (Fsp3) is 0.864. The van der Waals surface area contributed by atoms with Gasteiger partial charge < -0.3 is 9.16 Å². The van der Waals surface area contributed by atoms with E-state index in [9.17, 15) is 19.2 Å². The Morgan fingerprint density at radius 1 is 0.877 bits per heavy atom. The second-order valence-corrected chi connectivity index (χ2v) is 28.6. The van der Waals surface area contributed by atoms with Gasteiger partial charge in [-0.15, -0.1) is 0 Å². The average Bonchev–Trinajstić information content (AvgIpc) is 3.78. The Hall–Kier alpha value is -1.69. The van der Waals surface area contributed by atoms with Crippen LogP contribution in [0, 0.1) is 5.92 Å². The van der Waals surface area contributed by atoms with E-state index in [1.54, 1.807) is 0 Å². The number of ether oxygens (including phenoxy) is 3. The van der Waals surface area contributed by atoms with Crippen molar-refractivity contribution >= 4 is 27.3 Å². The number of carbonyl (C=O) groups is 2. The third kappa shape index (κ3) is 13.7. The van der Waals surface area contributed by atoms with E-state index >= 15 is 0 Å². The van der Waals surface area contributed by atoms with Gasteiger partial charge in [0.15, 0.2) is 6.23 Å². The molecule has 2 N–H and O–H groups in total. The van der Waals surface area contributed by atoms with Crippen molar-refractivity contribution in [1.82, 2.24) is 14.9 Å². The molecule has 1 amide bonds. The van der Waals surface area contributed by atoms with Crippen LogP contribution in [-0.4, -0.2) is 92.0 Å². The number of nitrogens with zero attached hydrogens (tertiary/aromatic N) is 1. The van der Waals surface area contributed by atoms with E-state index in [2.05, 4.69) is 72.6 Å². The molecule has 0 aliphatic carbocycles. The molecule has 3 heterocycles. The van der Waals surface area contributed by atoms with Gasteiger partial charge in [0.1, 0.15) is 0 Å². The molecule has 2 saturated heterocycles. The zero-order chi connectivity index (χ0) is 42.2. The molecule has 11 nitrogen and oxygen atoms in total. The molecule has 1 unspecified atom stereocenters. The van der Waals surface area contributed by atoms with Gasteiger partial charge in [-0.25, -0.2) is 4.79 Å². The van der Waals surface area contributed by atoms with Crippen molar-refractivity contribution in [3.8, 4) is 0 Å². The molecule has 0 spiro atoms. The molecule has 57 heavy (non-hydrogen) atoms. The van der Waals surface area contributed by atoms with Gasteiger partial charge in [-0.05, 0) is 23.0 Å². The van der Waals surface area contributed by atoms with Crippen molar-refractivity contribution < 1.29 is 28.2 Å². The molecule has 2 fully saturated rings. The number of aromatic amines is 1. The van der Waals surface area contributed by atoms with E-state index < -0.39 is 44.9 Å². The first-order valence-corrected chi connectivity index (χ1v) is 27.8. The molecular formula is C44H82N3O8PSi. The summed E-state index contributed by atoms with van der Waals surface area (Å²) in [6.45, 7) is 23.8. The summed E-state index contributed by atoms with van der Waals surface area (Å²) in [5.41, 5.74) is -0.220. The van der Waals surface area contributed by atoms with E-state index in [1.807, 2.05) is 6.92 Å². The number of carbonyl (C=O) groups excluding carboxylic acids is 2. The molecule has 0 saturated carbocycles. The van der Waals surface area contributed by atoms with Crippen LogP contribution in [0.25, 0.3) is 0 Å². The summed E-state index contributed by atoms with van der Waals surface area (Å²) in [5, 5.41) is 3.20. The van der Waals surface area contributed by atoms with Gasteiger partial charge in [-0.2, -0.15) is 0 Å². The Bertz CT molecular complexity index is 1430. The van der Waals surface area contributed by atoms with E-state index in [1.165, 1.54) is 80.0 Å². The Labute approximate surface area is 346 Å².